The van der Waals surface area contributed by atoms with Gasteiger partial charge in [-0.25, -0.2) is 9.78 Å². The maximum absolute atomic E-state index is 12.3. The Hall–Kier alpha value is -3.54. The number of pyridine rings is 1. The summed E-state index contributed by atoms with van der Waals surface area (Å²) in [6.45, 7) is 5.68. The van der Waals surface area contributed by atoms with Crippen LogP contribution in [0.25, 0.3) is 11.0 Å². The molecule has 1 aliphatic rings. The Bertz CT molecular complexity index is 1270. The summed E-state index contributed by atoms with van der Waals surface area (Å²) < 4.78 is 5.87. The number of ether oxygens (including phenoxy) is 1. The van der Waals surface area contributed by atoms with E-state index < -0.39 is 6.03 Å². The van der Waals surface area contributed by atoms with E-state index in [9.17, 15) is 4.79 Å². The lowest BCUT2D eigenvalue weighted by molar-refractivity contribution is 0.248. The van der Waals surface area contributed by atoms with Crippen LogP contribution >= 0.6 is 23.2 Å². The molecule has 0 bridgehead atoms. The summed E-state index contributed by atoms with van der Waals surface area (Å²) in [4.78, 5) is 20.0. The van der Waals surface area contributed by atoms with Crippen LogP contribution in [0, 0.1) is 11.3 Å². The minimum atomic E-state index is -0.590. The first kappa shape index (κ1) is 20.7. The topological polar surface area (TPSA) is 106 Å². The molecule has 0 saturated heterocycles. The van der Waals surface area contributed by atoms with Gasteiger partial charge in [0, 0.05) is 12.3 Å². The number of aryl methyl sites for hydroxylation is 1. The van der Waals surface area contributed by atoms with E-state index in [2.05, 4.69) is 33.9 Å². The predicted octanol–water partition coefficient (Wildman–Crippen LogP) is 5.54. The zero-order valence-electron chi connectivity index (χ0n) is 16.4. The number of hydrogen-bond acceptors (Lipinski definition) is 5. The number of aromatic amines is 1. The van der Waals surface area contributed by atoms with Crippen molar-refractivity contribution >= 4 is 51.7 Å². The highest BCUT2D eigenvalue weighted by atomic mass is 35.5. The number of hydrazone groups is 1. The normalized spacial score (nSPS) is 13.7. The fraction of sp³-hybridized carbons (Fsp3) is 0.143. The molecule has 31 heavy (non-hydrogen) atoms. The molecule has 3 aromatic rings. The minimum Gasteiger partial charge on any atom is -0.436 e. The van der Waals surface area contributed by atoms with Crippen LogP contribution < -0.4 is 15.1 Å². The first-order chi connectivity index (χ1) is 14.9. The van der Waals surface area contributed by atoms with Crippen LogP contribution in [0.5, 0.6) is 11.6 Å². The highest BCUT2D eigenvalue weighted by Gasteiger charge is 2.26. The molecule has 0 fully saturated rings. The molecular formula is C21H16Cl2N6O2. The van der Waals surface area contributed by atoms with Crippen LogP contribution in [0.3, 0.4) is 0 Å². The van der Waals surface area contributed by atoms with Crippen LogP contribution in [0.4, 0.5) is 10.5 Å². The van der Waals surface area contributed by atoms with E-state index in [0.29, 0.717) is 5.88 Å². The van der Waals surface area contributed by atoms with Crippen molar-refractivity contribution in [3.05, 3.63) is 58.3 Å². The van der Waals surface area contributed by atoms with Crippen LogP contribution in [0.1, 0.15) is 18.9 Å². The SMILES string of the molecule is C=C1NC(=O)N(c2cc(Cl)c(Oc3ccc4[nH]cc(CCC)c4n3)c(Cl)c2)N=C1C#N. The summed E-state index contributed by atoms with van der Waals surface area (Å²) in [6, 6.07) is 7.79. The number of hydrogen-bond donors (Lipinski definition) is 2. The van der Waals surface area contributed by atoms with Crippen molar-refractivity contribution in [2.24, 2.45) is 5.10 Å². The van der Waals surface area contributed by atoms with Gasteiger partial charge in [0.25, 0.3) is 0 Å². The lowest BCUT2D eigenvalue weighted by Gasteiger charge is -2.24. The lowest BCUT2D eigenvalue weighted by Crippen LogP contribution is -2.42. The number of amides is 2. The summed E-state index contributed by atoms with van der Waals surface area (Å²) in [5, 5.41) is 16.9. The molecule has 0 aliphatic carbocycles. The Kier molecular flexibility index (Phi) is 5.55. The molecule has 8 nitrogen and oxygen atoms in total. The monoisotopic (exact) mass is 454 g/mol. The number of fused-ring (bicyclic) bond motifs is 1. The van der Waals surface area contributed by atoms with Crippen LogP contribution in [-0.4, -0.2) is 21.7 Å². The van der Waals surface area contributed by atoms with E-state index in [1.54, 1.807) is 6.07 Å². The molecule has 1 aliphatic heterocycles. The van der Waals surface area contributed by atoms with Crippen LogP contribution in [0.2, 0.25) is 10.0 Å². The highest BCUT2D eigenvalue weighted by molar-refractivity contribution is 6.37. The minimum absolute atomic E-state index is 0.0286. The second-order valence-electron chi connectivity index (χ2n) is 6.73. The van der Waals surface area contributed by atoms with E-state index in [-0.39, 0.29) is 32.9 Å². The number of rotatable bonds is 5. The van der Waals surface area contributed by atoms with Crippen molar-refractivity contribution in [1.29, 1.82) is 5.26 Å². The lowest BCUT2D eigenvalue weighted by atomic mass is 10.2. The molecule has 4 rings (SSSR count). The summed E-state index contributed by atoms with van der Waals surface area (Å²) >= 11 is 12.8. The van der Waals surface area contributed by atoms with Gasteiger partial charge in [-0.1, -0.05) is 43.1 Å². The number of nitriles is 1. The second-order valence-corrected chi connectivity index (χ2v) is 7.55. The molecule has 2 aromatic heterocycles. The number of allylic oxidation sites excluding steroid dienone is 1. The van der Waals surface area contributed by atoms with Gasteiger partial charge in [0.1, 0.15) is 6.07 Å². The molecule has 0 radical (unpaired) electrons. The van der Waals surface area contributed by atoms with Gasteiger partial charge in [0.05, 0.1) is 32.5 Å². The fourth-order valence-electron chi connectivity index (χ4n) is 3.14. The van der Waals surface area contributed by atoms with Crippen molar-refractivity contribution in [2.75, 3.05) is 5.01 Å². The summed E-state index contributed by atoms with van der Waals surface area (Å²) in [6.07, 6.45) is 3.82. The third-order valence-electron chi connectivity index (χ3n) is 4.57. The molecule has 0 spiro atoms. The number of anilines is 1. The van der Waals surface area contributed by atoms with E-state index in [1.807, 2.05) is 18.3 Å². The molecule has 0 saturated carbocycles. The summed E-state index contributed by atoms with van der Waals surface area (Å²) in [5.74, 6) is 0.524. The summed E-state index contributed by atoms with van der Waals surface area (Å²) in [5.41, 5.74) is 3.19. The number of carbonyl (C=O) groups is 1. The number of carbonyl (C=O) groups excluding carboxylic acids is 1. The van der Waals surface area contributed by atoms with Crippen molar-refractivity contribution < 1.29 is 9.53 Å². The quantitative estimate of drug-likeness (QED) is 0.527. The largest absolute Gasteiger partial charge is 0.436 e. The smallest absolute Gasteiger partial charge is 0.347 e. The summed E-state index contributed by atoms with van der Waals surface area (Å²) in [7, 11) is 0. The zero-order valence-corrected chi connectivity index (χ0v) is 17.9. The van der Waals surface area contributed by atoms with Gasteiger partial charge < -0.3 is 15.0 Å². The number of benzene rings is 1. The molecule has 1 aromatic carbocycles. The first-order valence-electron chi connectivity index (χ1n) is 9.34. The van der Waals surface area contributed by atoms with Crippen molar-refractivity contribution in [1.82, 2.24) is 15.3 Å². The van der Waals surface area contributed by atoms with Crippen molar-refractivity contribution in [3.63, 3.8) is 0 Å². The van der Waals surface area contributed by atoms with Gasteiger partial charge in [-0.05, 0) is 30.2 Å². The van der Waals surface area contributed by atoms with Gasteiger partial charge in [-0.2, -0.15) is 15.4 Å². The Balaban J connectivity index is 1.67. The van der Waals surface area contributed by atoms with Crippen LogP contribution in [0.15, 0.2) is 47.8 Å². The molecule has 0 atom stereocenters. The van der Waals surface area contributed by atoms with Crippen molar-refractivity contribution in [3.8, 4) is 17.7 Å². The van der Waals surface area contributed by atoms with E-state index >= 15 is 0 Å². The molecule has 10 heteroatoms. The first-order valence-corrected chi connectivity index (χ1v) is 10.1. The van der Waals surface area contributed by atoms with E-state index in [1.165, 1.54) is 12.1 Å². The van der Waals surface area contributed by atoms with E-state index in [4.69, 9.17) is 33.2 Å². The van der Waals surface area contributed by atoms with Gasteiger partial charge in [-0.3, -0.25) is 0 Å². The third kappa shape index (κ3) is 3.93. The predicted molar refractivity (Wildman–Crippen MR) is 120 cm³/mol. The maximum Gasteiger partial charge on any atom is 0.347 e. The Morgan fingerprint density at radius 2 is 2.03 bits per heavy atom. The molecule has 3 heterocycles. The Morgan fingerprint density at radius 3 is 2.71 bits per heavy atom. The molecule has 0 unspecified atom stereocenters. The van der Waals surface area contributed by atoms with Crippen LogP contribution in [-0.2, 0) is 6.42 Å². The highest BCUT2D eigenvalue weighted by Crippen LogP contribution is 2.40. The number of H-pyrrole nitrogens is 1. The zero-order chi connectivity index (χ0) is 22.1. The number of nitrogens with zero attached hydrogens (tertiary/aromatic N) is 4. The van der Waals surface area contributed by atoms with Gasteiger partial charge in [0.2, 0.25) is 5.88 Å². The Morgan fingerprint density at radius 1 is 1.29 bits per heavy atom. The maximum atomic E-state index is 12.3. The van der Waals surface area contributed by atoms with Gasteiger partial charge in [0.15, 0.2) is 11.5 Å². The fourth-order valence-corrected chi connectivity index (χ4v) is 3.69. The van der Waals surface area contributed by atoms with E-state index in [0.717, 1.165) is 34.4 Å². The Labute approximate surface area is 187 Å². The molecule has 2 N–H and O–H groups in total. The standard InChI is InChI=1S/C21H16Cl2N6O2/c1-3-4-12-10-25-16-5-6-18(27-19(12)16)31-20-14(22)7-13(8-15(20)23)29-21(30)26-11(2)17(9-24)28-29/h5-8,10,25H,2-4H2,1H3,(H,26,30). The average Bonchev–Trinajstić information content (AvgIpc) is 3.13. The number of halogens is 2. The number of aromatic nitrogens is 2. The van der Waals surface area contributed by atoms with Crippen molar-refractivity contribution in [2.45, 2.75) is 19.8 Å². The average molecular weight is 455 g/mol. The number of urea groups is 1. The molecule has 156 valence electrons. The van der Waals surface area contributed by atoms with Gasteiger partial charge in [-0.15, -0.1) is 0 Å². The van der Waals surface area contributed by atoms with Gasteiger partial charge >= 0.3 is 6.03 Å². The third-order valence-corrected chi connectivity index (χ3v) is 5.13. The number of nitrogens with one attached hydrogen (secondary N) is 2. The molecular weight excluding hydrogens is 439 g/mol. The molecule has 2 amide bonds. The second kappa shape index (κ2) is 8.30.